The van der Waals surface area contributed by atoms with E-state index < -0.39 is 15.2 Å². The molecule has 0 aliphatic carbocycles. The van der Waals surface area contributed by atoms with Gasteiger partial charge in [-0.1, -0.05) is 19.8 Å². The number of urea groups is 1. The molecule has 2 aliphatic heterocycles. The van der Waals surface area contributed by atoms with Crippen molar-refractivity contribution in [3.63, 3.8) is 0 Å². The fourth-order valence-electron chi connectivity index (χ4n) is 2.73. The van der Waals surface area contributed by atoms with Crippen molar-refractivity contribution in [3.05, 3.63) is 0 Å². The molecular weight excluding hydrogens is 296 g/mol. The number of amides is 2. The van der Waals surface area contributed by atoms with Gasteiger partial charge in [0.05, 0.1) is 0 Å². The minimum atomic E-state index is -3.21. The molecule has 7 heteroatoms. The zero-order valence-electron chi connectivity index (χ0n) is 12.1. The van der Waals surface area contributed by atoms with Crippen LogP contribution in [-0.2, 0) is 9.84 Å². The molecule has 2 heterocycles. The van der Waals surface area contributed by atoms with Crippen LogP contribution in [0, 0.1) is 0 Å². The van der Waals surface area contributed by atoms with Crippen LogP contribution >= 0.6 is 11.8 Å². The van der Waals surface area contributed by atoms with Gasteiger partial charge < -0.3 is 9.80 Å². The van der Waals surface area contributed by atoms with Crippen LogP contribution in [0.1, 0.15) is 32.6 Å². The molecule has 1 atom stereocenters. The molecule has 2 fully saturated rings. The van der Waals surface area contributed by atoms with Gasteiger partial charge in [-0.25, -0.2) is 13.2 Å². The maximum absolute atomic E-state index is 12.7. The van der Waals surface area contributed by atoms with E-state index in [1.54, 1.807) is 23.6 Å². The molecule has 0 saturated carbocycles. The molecule has 2 aliphatic rings. The Kier molecular flexibility index (Phi) is 5.60. The highest BCUT2D eigenvalue weighted by molar-refractivity contribution is 8.01. The van der Waals surface area contributed by atoms with Crippen molar-refractivity contribution in [1.82, 2.24) is 9.80 Å². The molecule has 2 amide bonds. The first-order valence-corrected chi connectivity index (χ1v) is 10.3. The van der Waals surface area contributed by atoms with Crippen molar-refractivity contribution in [2.75, 3.05) is 36.9 Å². The van der Waals surface area contributed by atoms with Gasteiger partial charge in [-0.15, -0.1) is 0 Å². The first-order valence-electron chi connectivity index (χ1n) is 7.41. The van der Waals surface area contributed by atoms with Gasteiger partial charge in [0.25, 0.3) is 0 Å². The average Bonchev–Trinajstić information content (AvgIpc) is 2.75. The Morgan fingerprint density at radius 1 is 1.15 bits per heavy atom. The zero-order valence-corrected chi connectivity index (χ0v) is 13.7. The van der Waals surface area contributed by atoms with E-state index in [1.807, 2.05) is 4.90 Å². The third-order valence-electron chi connectivity index (χ3n) is 4.02. The molecule has 2 saturated heterocycles. The van der Waals surface area contributed by atoms with Gasteiger partial charge in [0.15, 0.2) is 9.84 Å². The summed E-state index contributed by atoms with van der Waals surface area (Å²) in [5.74, 6) is 1.44. The summed E-state index contributed by atoms with van der Waals surface area (Å²) >= 11 is 1.63. The molecule has 0 spiro atoms. The summed E-state index contributed by atoms with van der Waals surface area (Å²) in [6.45, 7) is 3.73. The zero-order chi connectivity index (χ0) is 14.6. The van der Waals surface area contributed by atoms with E-state index in [4.69, 9.17) is 0 Å². The molecule has 0 N–H and O–H groups in total. The van der Waals surface area contributed by atoms with Crippen LogP contribution in [0.15, 0.2) is 0 Å². The van der Waals surface area contributed by atoms with Crippen molar-refractivity contribution in [1.29, 1.82) is 0 Å². The highest BCUT2D eigenvalue weighted by Gasteiger charge is 2.37. The minimum absolute atomic E-state index is 0.0748. The second-order valence-electron chi connectivity index (χ2n) is 5.36. The Morgan fingerprint density at radius 3 is 2.40 bits per heavy atom. The van der Waals surface area contributed by atoms with E-state index in [1.165, 1.54) is 0 Å². The number of thioether (sulfide) groups is 1. The Hall–Kier alpha value is -0.430. The highest BCUT2D eigenvalue weighted by atomic mass is 32.2. The molecule has 0 aromatic rings. The molecular formula is C13H24N2O3S2. The molecule has 0 aromatic heterocycles. The van der Waals surface area contributed by atoms with E-state index in [2.05, 4.69) is 0 Å². The van der Waals surface area contributed by atoms with Crippen molar-refractivity contribution >= 4 is 27.6 Å². The summed E-state index contributed by atoms with van der Waals surface area (Å²) in [4.78, 5) is 16.1. The fourth-order valence-corrected chi connectivity index (χ4v) is 5.69. The maximum atomic E-state index is 12.7. The standard InChI is InChI=1S/C13H24N2O3S2/c1-2-20(17,18)12-11-19-10-9-15(12)13(16)14-7-5-3-4-6-8-14/h12H,2-11H2,1H3. The van der Waals surface area contributed by atoms with Crippen LogP contribution in [0.4, 0.5) is 4.79 Å². The van der Waals surface area contributed by atoms with Gasteiger partial charge in [-0.05, 0) is 12.8 Å². The smallest absolute Gasteiger partial charge is 0.321 e. The van der Waals surface area contributed by atoms with E-state index in [9.17, 15) is 13.2 Å². The van der Waals surface area contributed by atoms with Gasteiger partial charge in [-0.2, -0.15) is 11.8 Å². The van der Waals surface area contributed by atoms with E-state index >= 15 is 0 Å². The lowest BCUT2D eigenvalue weighted by Gasteiger charge is -2.37. The molecule has 20 heavy (non-hydrogen) atoms. The number of carbonyl (C=O) groups excluding carboxylic acids is 1. The lowest BCUT2D eigenvalue weighted by atomic mass is 10.2. The molecule has 0 aromatic carbocycles. The van der Waals surface area contributed by atoms with E-state index in [-0.39, 0.29) is 11.8 Å². The molecule has 2 rings (SSSR count). The van der Waals surface area contributed by atoms with Crippen molar-refractivity contribution in [2.45, 2.75) is 38.0 Å². The van der Waals surface area contributed by atoms with E-state index in [0.717, 1.165) is 44.5 Å². The normalized spacial score (nSPS) is 25.4. The Labute approximate surface area is 126 Å². The van der Waals surface area contributed by atoms with Gasteiger partial charge >= 0.3 is 6.03 Å². The average molecular weight is 320 g/mol. The minimum Gasteiger partial charge on any atom is -0.325 e. The van der Waals surface area contributed by atoms with Crippen molar-refractivity contribution in [2.24, 2.45) is 0 Å². The van der Waals surface area contributed by atoms with Crippen LogP contribution < -0.4 is 0 Å². The van der Waals surface area contributed by atoms with Crippen LogP contribution in [0.3, 0.4) is 0 Å². The third-order valence-corrected chi connectivity index (χ3v) is 7.31. The lowest BCUT2D eigenvalue weighted by Crippen LogP contribution is -2.55. The Morgan fingerprint density at radius 2 is 1.80 bits per heavy atom. The molecule has 1 unspecified atom stereocenters. The maximum Gasteiger partial charge on any atom is 0.321 e. The SMILES string of the molecule is CCS(=O)(=O)C1CSCCN1C(=O)N1CCCCCC1. The number of rotatable bonds is 2. The summed E-state index contributed by atoms with van der Waals surface area (Å²) in [6.07, 6.45) is 4.38. The van der Waals surface area contributed by atoms with Gasteiger partial charge in [0, 0.05) is 36.9 Å². The summed E-state index contributed by atoms with van der Waals surface area (Å²) < 4.78 is 24.4. The van der Waals surface area contributed by atoms with E-state index in [0.29, 0.717) is 12.3 Å². The topological polar surface area (TPSA) is 57.7 Å². The van der Waals surface area contributed by atoms with Crippen molar-refractivity contribution in [3.8, 4) is 0 Å². The lowest BCUT2D eigenvalue weighted by molar-refractivity contribution is 0.153. The first kappa shape index (κ1) is 15.9. The second-order valence-corrected chi connectivity index (χ2v) is 8.96. The van der Waals surface area contributed by atoms with Crippen LogP contribution in [0.5, 0.6) is 0 Å². The first-order chi connectivity index (χ1) is 9.56. The van der Waals surface area contributed by atoms with Crippen molar-refractivity contribution < 1.29 is 13.2 Å². The van der Waals surface area contributed by atoms with Gasteiger partial charge in [-0.3, -0.25) is 0 Å². The monoisotopic (exact) mass is 320 g/mol. The Bertz CT molecular complexity index is 431. The largest absolute Gasteiger partial charge is 0.325 e. The number of hydrogen-bond donors (Lipinski definition) is 0. The summed E-state index contributed by atoms with van der Waals surface area (Å²) in [5.41, 5.74) is 0. The molecule has 0 bridgehead atoms. The number of nitrogens with zero attached hydrogens (tertiary/aromatic N) is 2. The second kappa shape index (κ2) is 7.02. The highest BCUT2D eigenvalue weighted by Crippen LogP contribution is 2.23. The summed E-state index contributed by atoms with van der Waals surface area (Å²) in [6, 6.07) is -0.0748. The summed E-state index contributed by atoms with van der Waals surface area (Å²) in [5, 5.41) is -0.637. The molecule has 116 valence electrons. The number of sulfone groups is 1. The van der Waals surface area contributed by atoms with Gasteiger partial charge in [0.1, 0.15) is 5.37 Å². The predicted molar refractivity (Wildman–Crippen MR) is 82.7 cm³/mol. The van der Waals surface area contributed by atoms with Crippen LogP contribution in [0.2, 0.25) is 0 Å². The van der Waals surface area contributed by atoms with Gasteiger partial charge in [0.2, 0.25) is 0 Å². The van der Waals surface area contributed by atoms with Crippen LogP contribution in [-0.4, -0.2) is 66.5 Å². The quantitative estimate of drug-likeness (QED) is 0.778. The molecule has 5 nitrogen and oxygen atoms in total. The molecule has 0 radical (unpaired) electrons. The summed E-state index contributed by atoms with van der Waals surface area (Å²) in [7, 11) is -3.21. The number of carbonyl (C=O) groups is 1. The Balaban J connectivity index is 2.12. The fraction of sp³-hybridized carbons (Fsp3) is 0.923. The predicted octanol–water partition coefficient (Wildman–Crippen LogP) is 1.79. The number of hydrogen-bond acceptors (Lipinski definition) is 4. The van der Waals surface area contributed by atoms with Crippen LogP contribution in [0.25, 0.3) is 0 Å². The third kappa shape index (κ3) is 3.61. The number of likely N-dealkylation sites (tertiary alicyclic amines) is 1.